The number of nitro groups is 1. The molecule has 0 fully saturated rings. The summed E-state index contributed by atoms with van der Waals surface area (Å²) in [6, 6.07) is 5.59. The molecule has 1 N–H and O–H groups in total. The summed E-state index contributed by atoms with van der Waals surface area (Å²) in [5.74, 6) is 0. The Hall–Kier alpha value is -2.42. The maximum Gasteiger partial charge on any atom is 0.293 e. The smallest absolute Gasteiger partial charge is 0.293 e. The van der Waals surface area contributed by atoms with Crippen LogP contribution in [0, 0.1) is 10.1 Å². The Balaban J connectivity index is 2.17. The highest BCUT2D eigenvalue weighted by molar-refractivity contribution is 7.90. The molecule has 8 nitrogen and oxygen atoms in total. The summed E-state index contributed by atoms with van der Waals surface area (Å²) < 4.78 is 24.6. The third-order valence-corrected chi connectivity index (χ3v) is 3.92. The van der Waals surface area contributed by atoms with E-state index in [1.54, 1.807) is 23.1 Å². The van der Waals surface area contributed by atoms with Crippen LogP contribution in [0.1, 0.15) is 0 Å². The lowest BCUT2D eigenvalue weighted by Crippen LogP contribution is -2.12. The van der Waals surface area contributed by atoms with Crippen molar-refractivity contribution in [2.75, 3.05) is 18.1 Å². The molecule has 0 aliphatic rings. The molecule has 1 aromatic carbocycles. The predicted molar refractivity (Wildman–Crippen MR) is 76.9 cm³/mol. The predicted octanol–water partition coefficient (Wildman–Crippen LogP) is 1.31. The van der Waals surface area contributed by atoms with Crippen LogP contribution in [0.15, 0.2) is 41.6 Å². The average Bonchev–Trinajstić information content (AvgIpc) is 2.90. The molecule has 0 saturated heterocycles. The molecule has 112 valence electrons. The molecule has 0 aliphatic carbocycles. The second-order valence-corrected chi connectivity index (χ2v) is 6.42. The molecule has 2 rings (SSSR count). The normalized spacial score (nSPS) is 11.3. The van der Waals surface area contributed by atoms with Gasteiger partial charge in [0, 0.05) is 31.3 Å². The Bertz CT molecular complexity index is 741. The van der Waals surface area contributed by atoms with Gasteiger partial charge in [0.25, 0.3) is 5.69 Å². The molecule has 0 saturated carbocycles. The van der Waals surface area contributed by atoms with Gasteiger partial charge < -0.3 is 5.32 Å². The van der Waals surface area contributed by atoms with Gasteiger partial charge in [-0.2, -0.15) is 5.10 Å². The zero-order valence-electron chi connectivity index (χ0n) is 11.3. The Morgan fingerprint density at radius 1 is 1.43 bits per heavy atom. The Kier molecular flexibility index (Phi) is 4.22. The molecule has 1 heterocycles. The van der Waals surface area contributed by atoms with Crippen molar-refractivity contribution in [2.45, 2.75) is 11.4 Å². The molecule has 0 radical (unpaired) electrons. The van der Waals surface area contributed by atoms with E-state index < -0.39 is 14.8 Å². The van der Waals surface area contributed by atoms with Gasteiger partial charge in [0.05, 0.1) is 16.4 Å². The van der Waals surface area contributed by atoms with Gasteiger partial charge in [0.15, 0.2) is 9.84 Å². The molecule has 0 spiro atoms. The van der Waals surface area contributed by atoms with E-state index in [1.165, 1.54) is 12.1 Å². The molecule has 1 aromatic heterocycles. The molecule has 9 heteroatoms. The highest BCUT2D eigenvalue weighted by Crippen LogP contribution is 2.27. The van der Waals surface area contributed by atoms with Crippen molar-refractivity contribution >= 4 is 21.2 Å². The van der Waals surface area contributed by atoms with Crippen LogP contribution in [-0.2, 0) is 16.4 Å². The zero-order chi connectivity index (χ0) is 15.5. The minimum atomic E-state index is -3.48. The van der Waals surface area contributed by atoms with Crippen LogP contribution in [0.3, 0.4) is 0 Å². The number of nitrogens with one attached hydrogen (secondary N) is 1. The molecular formula is C12H14N4O4S. The van der Waals surface area contributed by atoms with Gasteiger partial charge in [0.1, 0.15) is 5.69 Å². The molecule has 21 heavy (non-hydrogen) atoms. The number of anilines is 1. The van der Waals surface area contributed by atoms with Gasteiger partial charge in [-0.15, -0.1) is 0 Å². The van der Waals surface area contributed by atoms with Crippen LogP contribution < -0.4 is 5.32 Å². The Morgan fingerprint density at radius 2 is 2.19 bits per heavy atom. The van der Waals surface area contributed by atoms with Gasteiger partial charge in [-0.25, -0.2) is 8.42 Å². The van der Waals surface area contributed by atoms with Crippen LogP contribution in [-0.4, -0.2) is 35.9 Å². The Labute approximate surface area is 121 Å². The fourth-order valence-corrected chi connectivity index (χ4v) is 2.42. The molecule has 0 amide bonds. The monoisotopic (exact) mass is 310 g/mol. The van der Waals surface area contributed by atoms with Crippen molar-refractivity contribution in [1.82, 2.24) is 9.78 Å². The largest absolute Gasteiger partial charge is 0.378 e. The molecule has 2 aromatic rings. The average molecular weight is 310 g/mol. The fourth-order valence-electron chi connectivity index (χ4n) is 1.78. The number of nitrogens with zero attached hydrogens (tertiary/aromatic N) is 3. The van der Waals surface area contributed by atoms with Crippen LogP contribution in [0.4, 0.5) is 11.4 Å². The summed E-state index contributed by atoms with van der Waals surface area (Å²) in [5, 5.41) is 18.0. The summed E-state index contributed by atoms with van der Waals surface area (Å²) in [7, 11) is -3.48. The number of rotatable bonds is 6. The van der Waals surface area contributed by atoms with Crippen molar-refractivity contribution in [2.24, 2.45) is 0 Å². The van der Waals surface area contributed by atoms with E-state index in [0.717, 1.165) is 12.3 Å². The summed E-state index contributed by atoms with van der Waals surface area (Å²) in [6.45, 7) is 0.971. The summed E-state index contributed by atoms with van der Waals surface area (Å²) in [6.07, 6.45) is 4.43. The van der Waals surface area contributed by atoms with E-state index in [0.29, 0.717) is 13.1 Å². The minimum absolute atomic E-state index is 0.0770. The molecular weight excluding hydrogens is 296 g/mol. The van der Waals surface area contributed by atoms with Crippen molar-refractivity contribution in [1.29, 1.82) is 0 Å². The maximum atomic E-state index is 11.4. The molecule has 0 bridgehead atoms. The first-order valence-corrected chi connectivity index (χ1v) is 7.97. The molecule has 0 unspecified atom stereocenters. The van der Waals surface area contributed by atoms with E-state index in [9.17, 15) is 18.5 Å². The van der Waals surface area contributed by atoms with Crippen molar-refractivity contribution < 1.29 is 13.3 Å². The second-order valence-electron chi connectivity index (χ2n) is 4.40. The van der Waals surface area contributed by atoms with Crippen molar-refractivity contribution in [3.8, 4) is 0 Å². The zero-order valence-corrected chi connectivity index (χ0v) is 12.1. The summed E-state index contributed by atoms with van der Waals surface area (Å²) in [4.78, 5) is 10.4. The number of hydrogen-bond donors (Lipinski definition) is 1. The van der Waals surface area contributed by atoms with E-state index in [1.807, 2.05) is 0 Å². The first-order valence-electron chi connectivity index (χ1n) is 6.08. The van der Waals surface area contributed by atoms with Crippen LogP contribution in [0.25, 0.3) is 0 Å². The number of nitro benzene ring substituents is 1. The lowest BCUT2D eigenvalue weighted by molar-refractivity contribution is -0.384. The summed E-state index contributed by atoms with van der Waals surface area (Å²) in [5.41, 5.74) is 0.0120. The van der Waals surface area contributed by atoms with Crippen LogP contribution in [0.5, 0.6) is 0 Å². The molecule has 0 aliphatic heterocycles. The van der Waals surface area contributed by atoms with Gasteiger partial charge in [0.2, 0.25) is 0 Å². The SMILES string of the molecule is CS(=O)(=O)c1ccc(NCCn2cccn2)c([N+](=O)[O-])c1. The van der Waals surface area contributed by atoms with Gasteiger partial charge >= 0.3 is 0 Å². The van der Waals surface area contributed by atoms with E-state index in [-0.39, 0.29) is 16.3 Å². The van der Waals surface area contributed by atoms with Crippen molar-refractivity contribution in [3.05, 3.63) is 46.8 Å². The van der Waals surface area contributed by atoms with Crippen LogP contribution in [0.2, 0.25) is 0 Å². The standard InChI is InChI=1S/C12H14N4O4S/c1-21(19,20)10-3-4-11(12(9-10)16(17)18)13-6-8-15-7-2-5-14-15/h2-5,7,9,13H,6,8H2,1H3. The number of hydrogen-bond acceptors (Lipinski definition) is 6. The van der Waals surface area contributed by atoms with Gasteiger partial charge in [-0.3, -0.25) is 14.8 Å². The highest BCUT2D eigenvalue weighted by Gasteiger charge is 2.18. The quantitative estimate of drug-likeness (QED) is 0.636. The van der Waals surface area contributed by atoms with Crippen molar-refractivity contribution in [3.63, 3.8) is 0 Å². The lowest BCUT2D eigenvalue weighted by Gasteiger charge is -2.08. The van der Waals surface area contributed by atoms with E-state index in [2.05, 4.69) is 10.4 Å². The minimum Gasteiger partial charge on any atom is -0.378 e. The number of aromatic nitrogens is 2. The second kappa shape index (κ2) is 5.92. The first kappa shape index (κ1) is 15.0. The third kappa shape index (κ3) is 3.78. The Morgan fingerprint density at radius 3 is 2.76 bits per heavy atom. The van der Waals surface area contributed by atoms with Crippen LogP contribution >= 0.6 is 0 Å². The van der Waals surface area contributed by atoms with Gasteiger partial charge in [-0.05, 0) is 18.2 Å². The number of sulfone groups is 1. The third-order valence-electron chi connectivity index (χ3n) is 2.81. The summed E-state index contributed by atoms with van der Waals surface area (Å²) >= 11 is 0. The van der Waals surface area contributed by atoms with Gasteiger partial charge in [-0.1, -0.05) is 0 Å². The molecule has 0 atom stereocenters. The maximum absolute atomic E-state index is 11.4. The lowest BCUT2D eigenvalue weighted by atomic mass is 10.2. The highest BCUT2D eigenvalue weighted by atomic mass is 32.2. The van der Waals surface area contributed by atoms with E-state index >= 15 is 0 Å². The number of benzene rings is 1. The topological polar surface area (TPSA) is 107 Å². The van der Waals surface area contributed by atoms with E-state index in [4.69, 9.17) is 0 Å². The fraction of sp³-hybridized carbons (Fsp3) is 0.250. The first-order chi connectivity index (χ1) is 9.88.